The molecular formula is C35H44N8O2. The lowest BCUT2D eigenvalue weighted by atomic mass is 10.0. The Hall–Kier alpha value is -4.44. The van der Waals surface area contributed by atoms with E-state index in [0.29, 0.717) is 17.7 Å². The third kappa shape index (κ3) is 6.24. The molecule has 0 spiro atoms. The maximum atomic E-state index is 13.6. The maximum absolute atomic E-state index is 13.6. The van der Waals surface area contributed by atoms with Crippen LogP contribution in [0, 0.1) is 0 Å². The first-order valence-corrected chi connectivity index (χ1v) is 16.1. The van der Waals surface area contributed by atoms with E-state index < -0.39 is 0 Å². The van der Waals surface area contributed by atoms with Crippen LogP contribution in [0.25, 0.3) is 11.4 Å². The van der Waals surface area contributed by atoms with Crippen molar-refractivity contribution in [1.82, 2.24) is 25.1 Å². The molecule has 1 fully saturated rings. The molecule has 3 heterocycles. The molecular weight excluding hydrogens is 564 g/mol. The molecule has 2 aromatic carbocycles. The van der Waals surface area contributed by atoms with Crippen LogP contribution in [0.15, 0.2) is 42.6 Å². The van der Waals surface area contributed by atoms with Crippen LogP contribution in [0.2, 0.25) is 0 Å². The van der Waals surface area contributed by atoms with Crippen LogP contribution in [0.3, 0.4) is 0 Å². The monoisotopic (exact) mass is 608 g/mol. The van der Waals surface area contributed by atoms with Crippen LogP contribution in [-0.2, 0) is 25.7 Å². The Morgan fingerprint density at radius 1 is 1.09 bits per heavy atom. The largest absolute Gasteiger partial charge is 0.494 e. The minimum atomic E-state index is -0.199. The number of methoxy groups -OCH3 is 1. The summed E-state index contributed by atoms with van der Waals surface area (Å²) >= 11 is 0. The van der Waals surface area contributed by atoms with Gasteiger partial charge in [-0.3, -0.25) is 9.89 Å². The van der Waals surface area contributed by atoms with E-state index in [4.69, 9.17) is 9.72 Å². The molecule has 2 aliphatic rings. The zero-order valence-electron chi connectivity index (χ0n) is 27.0. The van der Waals surface area contributed by atoms with Crippen molar-refractivity contribution in [3.05, 3.63) is 70.5 Å². The molecule has 1 amide bonds. The highest BCUT2D eigenvalue weighted by Gasteiger charge is 2.27. The molecule has 2 aromatic heterocycles. The van der Waals surface area contributed by atoms with E-state index in [1.54, 1.807) is 7.11 Å². The van der Waals surface area contributed by atoms with E-state index >= 15 is 0 Å². The number of para-hydroxylation sites is 1. The summed E-state index contributed by atoms with van der Waals surface area (Å²) in [7, 11) is 6.01. The fourth-order valence-electron chi connectivity index (χ4n) is 6.63. The molecule has 0 radical (unpaired) electrons. The predicted octanol–water partition coefficient (Wildman–Crippen LogP) is 6.02. The van der Waals surface area contributed by atoms with E-state index in [2.05, 4.69) is 93.9 Å². The number of fused-ring (bicyclic) bond motifs is 3. The zero-order chi connectivity index (χ0) is 31.5. The minimum absolute atomic E-state index is 0.199. The van der Waals surface area contributed by atoms with Crippen molar-refractivity contribution in [2.45, 2.75) is 64.8 Å². The molecule has 1 aliphatic carbocycles. The Balaban J connectivity index is 1.24. The van der Waals surface area contributed by atoms with Gasteiger partial charge in [0.2, 0.25) is 5.95 Å². The van der Waals surface area contributed by atoms with E-state index in [0.717, 1.165) is 114 Å². The number of hydrogen-bond donors (Lipinski definition) is 3. The lowest BCUT2D eigenvalue weighted by molar-refractivity contribution is 0.102. The number of aryl methyl sites for hydroxylation is 3. The van der Waals surface area contributed by atoms with Crippen LogP contribution in [0.1, 0.15) is 65.9 Å². The average Bonchev–Trinajstić information content (AvgIpc) is 3.41. The van der Waals surface area contributed by atoms with Gasteiger partial charge in [0, 0.05) is 48.3 Å². The van der Waals surface area contributed by atoms with Crippen molar-refractivity contribution in [2.24, 2.45) is 0 Å². The molecule has 10 nitrogen and oxygen atoms in total. The number of aromatic amines is 1. The molecule has 0 saturated carbocycles. The summed E-state index contributed by atoms with van der Waals surface area (Å²) in [5.74, 6) is 1.00. The molecule has 236 valence electrons. The number of anilines is 4. The molecule has 4 aromatic rings. The Morgan fingerprint density at radius 2 is 1.84 bits per heavy atom. The Labute approximate surface area is 265 Å². The van der Waals surface area contributed by atoms with E-state index in [9.17, 15) is 4.79 Å². The number of aromatic nitrogens is 4. The minimum Gasteiger partial charge on any atom is -0.494 e. The van der Waals surface area contributed by atoms with Crippen molar-refractivity contribution in [1.29, 1.82) is 0 Å². The SMILES string of the molecule is CCc1cccc(CC)c1NC(=O)c1n[nH]c2c1CCCc1cnc(Nc3ccc(N4CCC(N(C)C)CC4)cc3OC)nc1-2. The molecule has 1 saturated heterocycles. The number of nitrogens with zero attached hydrogens (tertiary/aromatic N) is 5. The summed E-state index contributed by atoms with van der Waals surface area (Å²) in [5.41, 5.74) is 8.98. The fourth-order valence-corrected chi connectivity index (χ4v) is 6.63. The highest BCUT2D eigenvalue weighted by atomic mass is 16.5. The van der Waals surface area contributed by atoms with E-state index in [1.807, 2.05) is 12.3 Å². The topological polar surface area (TPSA) is 111 Å². The molecule has 45 heavy (non-hydrogen) atoms. The van der Waals surface area contributed by atoms with Crippen molar-refractivity contribution in [3.8, 4) is 17.1 Å². The number of nitrogens with one attached hydrogen (secondary N) is 3. The lowest BCUT2D eigenvalue weighted by Gasteiger charge is -2.36. The molecule has 0 unspecified atom stereocenters. The lowest BCUT2D eigenvalue weighted by Crippen LogP contribution is -2.41. The van der Waals surface area contributed by atoms with Gasteiger partial charge in [0.25, 0.3) is 5.91 Å². The second kappa shape index (κ2) is 13.3. The van der Waals surface area contributed by atoms with Gasteiger partial charge in [0.15, 0.2) is 5.69 Å². The first-order valence-electron chi connectivity index (χ1n) is 16.1. The number of carbonyl (C=O) groups excluding carboxylic acids is 1. The highest BCUT2D eigenvalue weighted by Crippen LogP contribution is 2.35. The summed E-state index contributed by atoms with van der Waals surface area (Å²) in [4.78, 5) is 27.9. The van der Waals surface area contributed by atoms with Crippen LogP contribution >= 0.6 is 0 Å². The van der Waals surface area contributed by atoms with Crippen molar-refractivity contribution in [3.63, 3.8) is 0 Å². The summed E-state index contributed by atoms with van der Waals surface area (Å²) in [6.45, 7) is 6.24. The number of rotatable bonds is 9. The number of H-pyrrole nitrogens is 1. The third-order valence-corrected chi connectivity index (χ3v) is 9.29. The molecule has 10 heteroatoms. The van der Waals surface area contributed by atoms with Gasteiger partial charge in [0.05, 0.1) is 24.2 Å². The summed E-state index contributed by atoms with van der Waals surface area (Å²) in [6.07, 6.45) is 8.26. The summed E-state index contributed by atoms with van der Waals surface area (Å²) in [5, 5.41) is 14.2. The quantitative estimate of drug-likeness (QED) is 0.212. The standard InChI is InChI=1S/C35H44N8O2/c1-6-22-10-8-11-23(7-2)30(22)38-34(44)33-27-13-9-12-24-21-36-35(39-31(24)32(27)40-41-33)37-28-15-14-26(20-29(28)45-5)43-18-16-25(17-19-43)42(3)4/h8,10-11,14-15,20-21,25H,6-7,9,12-13,16-19H2,1-5H3,(H,38,44)(H,40,41)(H,36,37,39). The zero-order valence-corrected chi connectivity index (χ0v) is 27.0. The van der Waals surface area contributed by atoms with Crippen LogP contribution in [0.4, 0.5) is 23.0 Å². The predicted molar refractivity (Wildman–Crippen MR) is 180 cm³/mol. The highest BCUT2D eigenvalue weighted by molar-refractivity contribution is 6.05. The molecule has 0 bridgehead atoms. The second-order valence-electron chi connectivity index (χ2n) is 12.2. The van der Waals surface area contributed by atoms with Gasteiger partial charge in [0.1, 0.15) is 5.75 Å². The molecule has 6 rings (SSSR count). The van der Waals surface area contributed by atoms with Crippen LogP contribution < -0.4 is 20.3 Å². The third-order valence-electron chi connectivity index (χ3n) is 9.29. The second-order valence-corrected chi connectivity index (χ2v) is 12.2. The normalized spacial score (nSPS) is 14.9. The average molecular weight is 609 g/mol. The first kappa shape index (κ1) is 30.6. The number of hydrogen-bond acceptors (Lipinski definition) is 8. The Kier molecular flexibility index (Phi) is 9.02. The van der Waals surface area contributed by atoms with Gasteiger partial charge < -0.3 is 25.2 Å². The van der Waals surface area contributed by atoms with Gasteiger partial charge in [-0.2, -0.15) is 5.10 Å². The number of carbonyl (C=O) groups is 1. The molecule has 0 atom stereocenters. The maximum Gasteiger partial charge on any atom is 0.276 e. The Morgan fingerprint density at radius 3 is 2.53 bits per heavy atom. The van der Waals surface area contributed by atoms with Crippen LogP contribution in [0.5, 0.6) is 5.75 Å². The van der Waals surface area contributed by atoms with Gasteiger partial charge in [-0.25, -0.2) is 9.97 Å². The van der Waals surface area contributed by atoms with Gasteiger partial charge in [-0.05, 0) is 87.9 Å². The number of benzene rings is 2. The van der Waals surface area contributed by atoms with Gasteiger partial charge in [-0.15, -0.1) is 0 Å². The van der Waals surface area contributed by atoms with Crippen molar-refractivity contribution in [2.75, 3.05) is 49.8 Å². The van der Waals surface area contributed by atoms with Crippen molar-refractivity contribution >= 4 is 28.9 Å². The van der Waals surface area contributed by atoms with Crippen LogP contribution in [-0.4, -0.2) is 71.3 Å². The summed E-state index contributed by atoms with van der Waals surface area (Å²) < 4.78 is 5.80. The van der Waals surface area contributed by atoms with Gasteiger partial charge >= 0.3 is 0 Å². The van der Waals surface area contributed by atoms with E-state index in [-0.39, 0.29) is 5.91 Å². The number of piperidine rings is 1. The number of amides is 1. The number of ether oxygens (including phenoxy) is 1. The summed E-state index contributed by atoms with van der Waals surface area (Å²) in [6, 6.07) is 13.1. The molecule has 3 N–H and O–H groups in total. The Bertz CT molecular complexity index is 1650. The van der Waals surface area contributed by atoms with Crippen molar-refractivity contribution < 1.29 is 9.53 Å². The van der Waals surface area contributed by atoms with E-state index in [1.165, 1.54) is 0 Å². The smallest absolute Gasteiger partial charge is 0.276 e. The molecule has 1 aliphatic heterocycles. The first-order chi connectivity index (χ1) is 21.9. The van der Waals surface area contributed by atoms with Gasteiger partial charge in [-0.1, -0.05) is 32.0 Å². The fraction of sp³-hybridized carbons (Fsp3) is 0.429.